The molecule has 5 heteroatoms. The second-order valence-corrected chi connectivity index (χ2v) is 4.42. The highest BCUT2D eigenvalue weighted by Crippen LogP contribution is 2.16. The summed E-state index contributed by atoms with van der Waals surface area (Å²) in [5.41, 5.74) is 0.700. The molecule has 0 saturated heterocycles. The van der Waals surface area contributed by atoms with E-state index in [1.54, 1.807) is 0 Å². The van der Waals surface area contributed by atoms with Gasteiger partial charge in [-0.05, 0) is 30.2 Å². The van der Waals surface area contributed by atoms with Gasteiger partial charge in [0.2, 0.25) is 5.91 Å². The first-order valence-corrected chi connectivity index (χ1v) is 6.42. The molecule has 0 aliphatic carbocycles. The summed E-state index contributed by atoms with van der Waals surface area (Å²) in [5.74, 6) is -0.286. The Labute approximate surface area is 112 Å². The first-order valence-electron chi connectivity index (χ1n) is 6.04. The van der Waals surface area contributed by atoms with Gasteiger partial charge in [0.05, 0.1) is 0 Å². The average molecular weight is 273 g/mol. The van der Waals surface area contributed by atoms with Gasteiger partial charge in [-0.15, -0.1) is 0 Å². The summed E-state index contributed by atoms with van der Waals surface area (Å²) in [6, 6.07) is 4.25. The molecule has 0 unspecified atom stereocenters. The molecular formula is C13H18ClFN2O. The molecule has 1 aromatic carbocycles. The molecule has 1 rings (SSSR count). The first-order chi connectivity index (χ1) is 8.63. The van der Waals surface area contributed by atoms with Crippen LogP contribution in [0.5, 0.6) is 0 Å². The molecule has 1 aromatic rings. The van der Waals surface area contributed by atoms with Crippen LogP contribution in [0.4, 0.5) is 4.39 Å². The molecule has 0 aliphatic heterocycles. The molecule has 0 atom stereocenters. The molecule has 0 radical (unpaired) electrons. The van der Waals surface area contributed by atoms with E-state index in [1.807, 2.05) is 6.92 Å². The average Bonchev–Trinajstić information content (AvgIpc) is 2.36. The van der Waals surface area contributed by atoms with E-state index < -0.39 is 0 Å². The van der Waals surface area contributed by atoms with Gasteiger partial charge in [0.25, 0.3) is 0 Å². The molecule has 0 heterocycles. The third kappa shape index (κ3) is 5.47. The van der Waals surface area contributed by atoms with Crippen LogP contribution in [0.15, 0.2) is 18.2 Å². The Balaban J connectivity index is 2.25. The van der Waals surface area contributed by atoms with Crippen LogP contribution in [0, 0.1) is 5.82 Å². The van der Waals surface area contributed by atoms with E-state index >= 15 is 0 Å². The van der Waals surface area contributed by atoms with Gasteiger partial charge in [-0.3, -0.25) is 4.79 Å². The Hall–Kier alpha value is -1.13. The lowest BCUT2D eigenvalue weighted by Gasteiger charge is -2.07. The Morgan fingerprint density at radius 3 is 2.89 bits per heavy atom. The number of carbonyl (C=O) groups is 1. The topological polar surface area (TPSA) is 41.1 Å². The standard InChI is InChI=1S/C13H18ClFN2O/c1-2-6-17-13(18)5-7-16-9-10-8-11(15)3-4-12(10)14/h3-4,8,16H,2,5-7,9H2,1H3,(H,17,18). The van der Waals surface area contributed by atoms with E-state index in [2.05, 4.69) is 10.6 Å². The Bertz CT molecular complexity index is 399. The van der Waals surface area contributed by atoms with Crippen molar-refractivity contribution in [2.24, 2.45) is 0 Å². The molecule has 18 heavy (non-hydrogen) atoms. The minimum Gasteiger partial charge on any atom is -0.356 e. The number of carbonyl (C=O) groups excluding carboxylic acids is 1. The molecular weight excluding hydrogens is 255 g/mol. The van der Waals surface area contributed by atoms with Gasteiger partial charge in [-0.25, -0.2) is 4.39 Å². The van der Waals surface area contributed by atoms with Crippen LogP contribution < -0.4 is 10.6 Å². The van der Waals surface area contributed by atoms with Gasteiger partial charge in [0, 0.05) is 31.1 Å². The van der Waals surface area contributed by atoms with Crippen LogP contribution in [-0.4, -0.2) is 19.0 Å². The van der Waals surface area contributed by atoms with Crippen molar-refractivity contribution in [3.8, 4) is 0 Å². The highest BCUT2D eigenvalue weighted by atomic mass is 35.5. The lowest BCUT2D eigenvalue weighted by molar-refractivity contribution is -0.120. The maximum Gasteiger partial charge on any atom is 0.221 e. The maximum absolute atomic E-state index is 13.0. The van der Waals surface area contributed by atoms with E-state index in [-0.39, 0.29) is 11.7 Å². The van der Waals surface area contributed by atoms with Gasteiger partial charge in [0.15, 0.2) is 0 Å². The lowest BCUT2D eigenvalue weighted by atomic mass is 10.2. The fourth-order valence-electron chi connectivity index (χ4n) is 1.46. The zero-order valence-electron chi connectivity index (χ0n) is 10.4. The van der Waals surface area contributed by atoms with Crippen LogP contribution >= 0.6 is 11.6 Å². The lowest BCUT2D eigenvalue weighted by Crippen LogP contribution is -2.28. The molecule has 0 bridgehead atoms. The summed E-state index contributed by atoms with van der Waals surface area (Å²) in [7, 11) is 0. The zero-order valence-corrected chi connectivity index (χ0v) is 11.2. The van der Waals surface area contributed by atoms with Gasteiger partial charge < -0.3 is 10.6 Å². The number of halogens is 2. The van der Waals surface area contributed by atoms with Crippen molar-refractivity contribution in [1.29, 1.82) is 0 Å². The summed E-state index contributed by atoms with van der Waals surface area (Å²) in [6.07, 6.45) is 1.34. The van der Waals surface area contributed by atoms with Crippen molar-refractivity contribution >= 4 is 17.5 Å². The van der Waals surface area contributed by atoms with E-state index in [4.69, 9.17) is 11.6 Å². The van der Waals surface area contributed by atoms with Crippen LogP contribution in [0.3, 0.4) is 0 Å². The quantitative estimate of drug-likeness (QED) is 0.749. The van der Waals surface area contributed by atoms with Gasteiger partial charge in [-0.1, -0.05) is 18.5 Å². The van der Waals surface area contributed by atoms with Crippen molar-refractivity contribution in [2.45, 2.75) is 26.3 Å². The number of rotatable bonds is 7. The van der Waals surface area contributed by atoms with E-state index in [0.717, 1.165) is 6.42 Å². The highest BCUT2D eigenvalue weighted by molar-refractivity contribution is 6.31. The molecule has 0 fully saturated rings. The smallest absolute Gasteiger partial charge is 0.221 e. The van der Waals surface area contributed by atoms with E-state index in [9.17, 15) is 9.18 Å². The molecule has 0 saturated carbocycles. The van der Waals surface area contributed by atoms with Crippen molar-refractivity contribution in [2.75, 3.05) is 13.1 Å². The first kappa shape index (κ1) is 14.9. The molecule has 100 valence electrons. The van der Waals surface area contributed by atoms with Gasteiger partial charge in [0.1, 0.15) is 5.82 Å². The van der Waals surface area contributed by atoms with E-state index in [0.29, 0.717) is 36.6 Å². The molecule has 0 aliphatic rings. The van der Waals surface area contributed by atoms with Crippen LogP contribution in [-0.2, 0) is 11.3 Å². The third-order valence-electron chi connectivity index (χ3n) is 2.42. The second kappa shape index (κ2) is 8.06. The SMILES string of the molecule is CCCNC(=O)CCNCc1cc(F)ccc1Cl. The number of hydrogen-bond acceptors (Lipinski definition) is 2. The van der Waals surface area contributed by atoms with Crippen molar-refractivity contribution in [1.82, 2.24) is 10.6 Å². The summed E-state index contributed by atoms with van der Waals surface area (Å²) in [5, 5.41) is 6.38. The summed E-state index contributed by atoms with van der Waals surface area (Å²) < 4.78 is 13.0. The molecule has 0 aromatic heterocycles. The second-order valence-electron chi connectivity index (χ2n) is 4.01. The third-order valence-corrected chi connectivity index (χ3v) is 2.79. The Kier molecular flexibility index (Phi) is 6.68. The normalized spacial score (nSPS) is 10.4. The predicted octanol–water partition coefficient (Wildman–Crippen LogP) is 2.49. The van der Waals surface area contributed by atoms with Crippen LogP contribution in [0.25, 0.3) is 0 Å². The monoisotopic (exact) mass is 272 g/mol. The Morgan fingerprint density at radius 2 is 2.17 bits per heavy atom. The number of hydrogen-bond donors (Lipinski definition) is 2. The fraction of sp³-hybridized carbons (Fsp3) is 0.462. The molecule has 3 nitrogen and oxygen atoms in total. The van der Waals surface area contributed by atoms with Crippen LogP contribution in [0.2, 0.25) is 5.02 Å². The maximum atomic E-state index is 13.0. The molecule has 1 amide bonds. The number of nitrogens with one attached hydrogen (secondary N) is 2. The van der Waals surface area contributed by atoms with Crippen molar-refractivity contribution < 1.29 is 9.18 Å². The van der Waals surface area contributed by atoms with Crippen molar-refractivity contribution in [3.63, 3.8) is 0 Å². The molecule has 0 spiro atoms. The summed E-state index contributed by atoms with van der Waals surface area (Å²) in [4.78, 5) is 11.3. The number of benzene rings is 1. The van der Waals surface area contributed by atoms with Crippen molar-refractivity contribution in [3.05, 3.63) is 34.6 Å². The van der Waals surface area contributed by atoms with Crippen LogP contribution in [0.1, 0.15) is 25.3 Å². The highest BCUT2D eigenvalue weighted by Gasteiger charge is 2.03. The predicted molar refractivity (Wildman–Crippen MR) is 71.0 cm³/mol. The number of amides is 1. The van der Waals surface area contributed by atoms with Gasteiger partial charge in [-0.2, -0.15) is 0 Å². The largest absolute Gasteiger partial charge is 0.356 e. The fourth-order valence-corrected chi connectivity index (χ4v) is 1.64. The Morgan fingerprint density at radius 1 is 1.39 bits per heavy atom. The molecule has 2 N–H and O–H groups in total. The minimum absolute atomic E-state index is 0.0229. The summed E-state index contributed by atoms with van der Waals surface area (Å²) >= 11 is 5.92. The van der Waals surface area contributed by atoms with E-state index in [1.165, 1.54) is 18.2 Å². The zero-order chi connectivity index (χ0) is 13.4. The minimum atomic E-state index is -0.308. The summed E-state index contributed by atoms with van der Waals surface area (Å²) in [6.45, 7) is 3.71. The van der Waals surface area contributed by atoms with Gasteiger partial charge >= 0.3 is 0 Å².